The highest BCUT2D eigenvalue weighted by molar-refractivity contribution is 5.08. The molecular weight excluding hydrogens is 232 g/mol. The third-order valence-corrected chi connectivity index (χ3v) is 6.69. The monoisotopic (exact) mass is 262 g/mol. The molecule has 19 heavy (non-hydrogen) atoms. The molecule has 4 aliphatic carbocycles. The Morgan fingerprint density at radius 2 is 1.58 bits per heavy atom. The summed E-state index contributed by atoms with van der Waals surface area (Å²) in [5, 5.41) is 3.74. The Balaban J connectivity index is 1.54. The predicted molar refractivity (Wildman–Crippen MR) is 79.1 cm³/mol. The van der Waals surface area contributed by atoms with Gasteiger partial charge in [-0.1, -0.05) is 13.8 Å². The lowest BCUT2D eigenvalue weighted by atomic mass is 9.52. The number of hydrogen-bond acceptors (Lipinski definition) is 2. The summed E-state index contributed by atoms with van der Waals surface area (Å²) in [6.45, 7) is 8.57. The highest BCUT2D eigenvalue weighted by Gasteiger charge is 2.53. The molecule has 1 saturated heterocycles. The van der Waals surface area contributed by atoms with E-state index >= 15 is 0 Å². The van der Waals surface area contributed by atoms with E-state index in [1.165, 1.54) is 38.9 Å². The van der Waals surface area contributed by atoms with E-state index in [-0.39, 0.29) is 0 Å². The van der Waals surface area contributed by atoms with Crippen LogP contribution in [0, 0.1) is 23.7 Å². The Hall–Kier alpha value is -0.0800. The van der Waals surface area contributed by atoms with Crippen LogP contribution in [0.3, 0.4) is 0 Å². The summed E-state index contributed by atoms with van der Waals surface area (Å²) in [6.07, 6.45) is 9.30. The first-order valence-electron chi connectivity index (χ1n) is 8.63. The van der Waals surface area contributed by atoms with E-state index in [0.29, 0.717) is 5.54 Å². The third kappa shape index (κ3) is 2.06. The molecule has 2 nitrogen and oxygen atoms in total. The van der Waals surface area contributed by atoms with Gasteiger partial charge in [-0.2, -0.15) is 0 Å². The largest absolute Gasteiger partial charge is 0.311 e. The van der Waals surface area contributed by atoms with Crippen molar-refractivity contribution in [3.8, 4) is 0 Å². The van der Waals surface area contributed by atoms with Gasteiger partial charge in [0.1, 0.15) is 0 Å². The van der Waals surface area contributed by atoms with Crippen LogP contribution < -0.4 is 5.32 Å². The van der Waals surface area contributed by atoms with E-state index in [9.17, 15) is 0 Å². The van der Waals surface area contributed by atoms with Crippen molar-refractivity contribution in [1.29, 1.82) is 0 Å². The maximum Gasteiger partial charge on any atom is 0.0218 e. The van der Waals surface area contributed by atoms with Gasteiger partial charge < -0.3 is 5.32 Å². The number of rotatable bonds is 2. The molecule has 0 aromatic rings. The Morgan fingerprint density at radius 3 is 2.11 bits per heavy atom. The van der Waals surface area contributed by atoms with E-state index in [4.69, 9.17) is 0 Å². The summed E-state index contributed by atoms with van der Waals surface area (Å²) in [7, 11) is 0. The molecule has 0 aromatic heterocycles. The fraction of sp³-hybridized carbons (Fsp3) is 1.00. The van der Waals surface area contributed by atoms with Gasteiger partial charge in [-0.05, 0) is 62.2 Å². The van der Waals surface area contributed by atoms with E-state index in [0.717, 1.165) is 29.7 Å². The molecule has 0 aromatic carbocycles. The van der Waals surface area contributed by atoms with Gasteiger partial charge >= 0.3 is 0 Å². The van der Waals surface area contributed by atoms with Crippen molar-refractivity contribution in [2.75, 3.05) is 19.6 Å². The van der Waals surface area contributed by atoms with Gasteiger partial charge in [-0.25, -0.2) is 0 Å². The van der Waals surface area contributed by atoms with E-state index in [1.807, 2.05) is 0 Å². The SMILES string of the molecule is CC(C)C1CN(C23CC4CC(CC(C4)C2)C3)CCN1. The summed E-state index contributed by atoms with van der Waals surface area (Å²) in [5.74, 6) is 4.02. The van der Waals surface area contributed by atoms with Gasteiger partial charge in [0.25, 0.3) is 0 Å². The van der Waals surface area contributed by atoms with Crippen molar-refractivity contribution in [1.82, 2.24) is 10.2 Å². The minimum Gasteiger partial charge on any atom is -0.311 e. The van der Waals surface area contributed by atoms with Crippen LogP contribution in [0.25, 0.3) is 0 Å². The highest BCUT2D eigenvalue weighted by atomic mass is 15.3. The van der Waals surface area contributed by atoms with Gasteiger partial charge in [0.05, 0.1) is 0 Å². The molecule has 5 rings (SSSR count). The van der Waals surface area contributed by atoms with E-state index in [1.54, 1.807) is 19.3 Å². The molecule has 4 saturated carbocycles. The zero-order valence-electron chi connectivity index (χ0n) is 12.7. The maximum atomic E-state index is 3.74. The van der Waals surface area contributed by atoms with Crippen molar-refractivity contribution >= 4 is 0 Å². The second-order valence-electron chi connectivity index (χ2n) is 8.39. The normalized spacial score (nSPS) is 50.1. The molecule has 1 N–H and O–H groups in total. The summed E-state index contributed by atoms with van der Waals surface area (Å²) in [5.41, 5.74) is 0.629. The maximum absolute atomic E-state index is 3.74. The lowest BCUT2D eigenvalue weighted by Crippen LogP contribution is -2.65. The topological polar surface area (TPSA) is 15.3 Å². The lowest BCUT2D eigenvalue weighted by molar-refractivity contribution is -0.0983. The summed E-state index contributed by atoms with van der Waals surface area (Å²) in [4.78, 5) is 2.93. The number of nitrogens with zero attached hydrogens (tertiary/aromatic N) is 1. The lowest BCUT2D eigenvalue weighted by Gasteiger charge is -2.62. The first-order valence-corrected chi connectivity index (χ1v) is 8.63. The minimum atomic E-state index is 0.629. The molecule has 1 aliphatic heterocycles. The van der Waals surface area contributed by atoms with Crippen molar-refractivity contribution in [2.45, 2.75) is 64.0 Å². The zero-order chi connectivity index (χ0) is 13.0. The number of piperazine rings is 1. The van der Waals surface area contributed by atoms with Gasteiger partial charge in [0.2, 0.25) is 0 Å². The number of hydrogen-bond donors (Lipinski definition) is 1. The molecule has 2 heteroatoms. The fourth-order valence-corrected chi connectivity index (χ4v) is 6.11. The van der Waals surface area contributed by atoms with Crippen LogP contribution in [-0.2, 0) is 0 Å². The third-order valence-electron chi connectivity index (χ3n) is 6.69. The predicted octanol–water partition coefficient (Wildman–Crippen LogP) is 2.89. The summed E-state index contributed by atoms with van der Waals surface area (Å²) >= 11 is 0. The second kappa shape index (κ2) is 4.46. The van der Waals surface area contributed by atoms with Gasteiger partial charge in [-0.3, -0.25) is 4.90 Å². The van der Waals surface area contributed by atoms with Crippen LogP contribution in [0.4, 0.5) is 0 Å². The van der Waals surface area contributed by atoms with Gasteiger partial charge in [-0.15, -0.1) is 0 Å². The van der Waals surface area contributed by atoms with Crippen molar-refractivity contribution in [3.63, 3.8) is 0 Å². The molecule has 0 amide bonds. The van der Waals surface area contributed by atoms with Gasteiger partial charge in [0.15, 0.2) is 0 Å². The summed E-state index contributed by atoms with van der Waals surface area (Å²) in [6, 6.07) is 0.724. The van der Waals surface area contributed by atoms with Crippen LogP contribution in [-0.4, -0.2) is 36.1 Å². The van der Waals surface area contributed by atoms with Crippen molar-refractivity contribution in [2.24, 2.45) is 23.7 Å². The highest BCUT2D eigenvalue weighted by Crippen LogP contribution is 2.57. The molecular formula is C17H30N2. The molecule has 1 heterocycles. The van der Waals surface area contributed by atoms with Crippen LogP contribution in [0.2, 0.25) is 0 Å². The van der Waals surface area contributed by atoms with Crippen LogP contribution in [0.15, 0.2) is 0 Å². The first-order chi connectivity index (χ1) is 9.14. The molecule has 1 atom stereocenters. The Labute approximate surface area is 118 Å². The standard InChI is InChI=1S/C17H30N2/c1-12(2)16-11-19(4-3-18-16)17-8-13-5-14(9-17)7-15(6-13)10-17/h12-16,18H,3-11H2,1-2H3. The molecule has 0 radical (unpaired) electrons. The molecule has 5 fully saturated rings. The number of nitrogens with one attached hydrogen (secondary N) is 1. The summed E-state index contributed by atoms with van der Waals surface area (Å²) < 4.78 is 0. The molecule has 1 unspecified atom stereocenters. The average molecular weight is 262 g/mol. The van der Waals surface area contributed by atoms with Crippen LogP contribution in [0.1, 0.15) is 52.4 Å². The Bertz CT molecular complexity index is 314. The molecule has 108 valence electrons. The van der Waals surface area contributed by atoms with Gasteiger partial charge in [0, 0.05) is 31.2 Å². The molecule has 4 bridgehead atoms. The molecule has 5 aliphatic rings. The van der Waals surface area contributed by atoms with Crippen LogP contribution in [0.5, 0.6) is 0 Å². The van der Waals surface area contributed by atoms with Crippen molar-refractivity contribution < 1.29 is 0 Å². The Morgan fingerprint density at radius 1 is 1.00 bits per heavy atom. The fourth-order valence-electron chi connectivity index (χ4n) is 6.11. The Kier molecular flexibility index (Phi) is 2.97. The first kappa shape index (κ1) is 12.6. The molecule has 0 spiro atoms. The van der Waals surface area contributed by atoms with Crippen molar-refractivity contribution in [3.05, 3.63) is 0 Å². The minimum absolute atomic E-state index is 0.629. The second-order valence-corrected chi connectivity index (χ2v) is 8.39. The smallest absolute Gasteiger partial charge is 0.0218 e. The van der Waals surface area contributed by atoms with E-state index in [2.05, 4.69) is 24.1 Å². The average Bonchev–Trinajstić information content (AvgIpc) is 2.37. The van der Waals surface area contributed by atoms with E-state index < -0.39 is 0 Å². The quantitative estimate of drug-likeness (QED) is 0.823. The zero-order valence-corrected chi connectivity index (χ0v) is 12.7. The van der Waals surface area contributed by atoms with Crippen LogP contribution >= 0.6 is 0 Å².